The van der Waals surface area contributed by atoms with Crippen LogP contribution in [0.25, 0.3) is 27.6 Å². The number of carbonyl (C=O) groups excluding carboxylic acids is 1. The number of fused-ring (bicyclic) bond motifs is 1. The van der Waals surface area contributed by atoms with E-state index < -0.39 is 16.5 Å². The summed E-state index contributed by atoms with van der Waals surface area (Å²) in [5, 5.41) is 11.8. The summed E-state index contributed by atoms with van der Waals surface area (Å²) >= 11 is 0. The fraction of sp³-hybridized carbons (Fsp3) is 0.152. The van der Waals surface area contributed by atoms with Crippen LogP contribution in [-0.2, 0) is 11.3 Å². The number of pyridine rings is 1. The van der Waals surface area contributed by atoms with Crippen molar-refractivity contribution in [3.8, 4) is 39.8 Å². The van der Waals surface area contributed by atoms with Gasteiger partial charge >= 0.3 is 5.97 Å². The summed E-state index contributed by atoms with van der Waals surface area (Å²) in [4.78, 5) is 38.5. The van der Waals surface area contributed by atoms with E-state index in [-0.39, 0.29) is 23.4 Å². The predicted octanol–water partition coefficient (Wildman–Crippen LogP) is 5.54. The van der Waals surface area contributed by atoms with Gasteiger partial charge in [0.25, 0.3) is 11.2 Å². The Kier molecular flexibility index (Phi) is 8.57. The Bertz CT molecular complexity index is 1960. The van der Waals surface area contributed by atoms with Crippen LogP contribution in [-0.4, -0.2) is 43.9 Å². The highest BCUT2D eigenvalue weighted by Crippen LogP contribution is 2.44. The average molecular weight is 612 g/mol. The molecule has 12 heteroatoms. The van der Waals surface area contributed by atoms with E-state index in [1.165, 1.54) is 45.1 Å². The van der Waals surface area contributed by atoms with Gasteiger partial charge in [0.15, 0.2) is 11.5 Å². The van der Waals surface area contributed by atoms with Crippen LogP contribution in [0.15, 0.2) is 83.7 Å². The van der Waals surface area contributed by atoms with Crippen LogP contribution >= 0.6 is 0 Å². The zero-order valence-electron chi connectivity index (χ0n) is 24.9. The first-order valence-electron chi connectivity index (χ1n) is 13.5. The van der Waals surface area contributed by atoms with E-state index >= 15 is 0 Å². The lowest BCUT2D eigenvalue weighted by atomic mass is 9.95. The lowest BCUT2D eigenvalue weighted by Crippen LogP contribution is -2.27. The number of aromatic nitrogens is 1. The Labute approximate surface area is 257 Å². The van der Waals surface area contributed by atoms with Crippen molar-refractivity contribution in [3.63, 3.8) is 0 Å². The highest BCUT2D eigenvalue weighted by atomic mass is 16.6. The highest BCUT2D eigenvalue weighted by molar-refractivity contribution is 6.08. The second-order valence-electron chi connectivity index (χ2n) is 9.78. The summed E-state index contributed by atoms with van der Waals surface area (Å²) in [6, 6.07) is 20.8. The predicted molar refractivity (Wildman–Crippen MR) is 168 cm³/mol. The molecule has 0 atom stereocenters. The minimum atomic E-state index is -0.763. The first-order chi connectivity index (χ1) is 21.7. The molecule has 1 aromatic heterocycles. The number of nitrogen functional groups attached to an aromatic ring is 1. The molecule has 5 aromatic rings. The summed E-state index contributed by atoms with van der Waals surface area (Å²) < 4.78 is 29.1. The maximum atomic E-state index is 14.3. The maximum absolute atomic E-state index is 14.3. The molecule has 0 fully saturated rings. The summed E-state index contributed by atoms with van der Waals surface area (Å²) in [7, 11) is 5.65. The van der Waals surface area contributed by atoms with Crippen molar-refractivity contribution >= 4 is 28.1 Å². The number of nitrogens with two attached hydrogens (primary N) is 1. The lowest BCUT2D eigenvalue weighted by Gasteiger charge is -2.21. The molecule has 0 bridgehead atoms. The van der Waals surface area contributed by atoms with Crippen LogP contribution in [0, 0.1) is 10.1 Å². The number of anilines is 1. The second-order valence-corrected chi connectivity index (χ2v) is 9.78. The molecule has 5 rings (SSSR count). The zero-order valence-corrected chi connectivity index (χ0v) is 24.9. The Morgan fingerprint density at radius 1 is 0.867 bits per heavy atom. The smallest absolute Gasteiger partial charge is 0.355 e. The van der Waals surface area contributed by atoms with E-state index in [4.69, 9.17) is 29.4 Å². The normalized spacial score (nSPS) is 10.8. The number of hydrogen-bond acceptors (Lipinski definition) is 10. The van der Waals surface area contributed by atoms with Gasteiger partial charge in [0.1, 0.15) is 18.1 Å². The topological polar surface area (TPSA) is 154 Å². The standard InChI is InChI=1S/C33H29N3O9/c1-41-27-15-20(16-28(42-2)31(27)43-3)29-25-13-12-24(45-18-19-6-5-7-23(14-19)36(39)40)17-26(25)32(37)35(30(29)33(38)44-4)22-10-8-21(34)9-11-22/h5-17H,18,34H2,1-4H3. The van der Waals surface area contributed by atoms with Gasteiger partial charge in [-0.15, -0.1) is 0 Å². The molecule has 12 nitrogen and oxygen atoms in total. The Balaban J connectivity index is 1.80. The molecule has 0 amide bonds. The fourth-order valence-electron chi connectivity index (χ4n) is 5.07. The maximum Gasteiger partial charge on any atom is 0.355 e. The molecule has 0 radical (unpaired) electrons. The number of ether oxygens (including phenoxy) is 5. The molecule has 0 aliphatic heterocycles. The molecule has 0 spiro atoms. The molecule has 230 valence electrons. The van der Waals surface area contributed by atoms with Crippen LogP contribution < -0.4 is 30.2 Å². The lowest BCUT2D eigenvalue weighted by molar-refractivity contribution is -0.384. The number of non-ortho nitro benzene ring substituents is 1. The number of hydrogen-bond donors (Lipinski definition) is 1. The molecule has 4 aromatic carbocycles. The number of nitro groups is 1. The van der Waals surface area contributed by atoms with Gasteiger partial charge in [-0.05, 0) is 71.1 Å². The Hall–Kier alpha value is -6.04. The van der Waals surface area contributed by atoms with Crippen molar-refractivity contribution in [1.82, 2.24) is 4.57 Å². The van der Waals surface area contributed by atoms with Gasteiger partial charge < -0.3 is 29.4 Å². The second kappa shape index (κ2) is 12.7. The molecule has 2 N–H and O–H groups in total. The van der Waals surface area contributed by atoms with Crippen molar-refractivity contribution < 1.29 is 33.4 Å². The van der Waals surface area contributed by atoms with Crippen LogP contribution in [0.2, 0.25) is 0 Å². The van der Waals surface area contributed by atoms with E-state index in [1.807, 2.05) is 0 Å². The van der Waals surface area contributed by atoms with Crippen molar-refractivity contribution in [2.45, 2.75) is 6.61 Å². The SMILES string of the molecule is COC(=O)c1c(-c2cc(OC)c(OC)c(OC)c2)c2ccc(OCc3cccc([N+](=O)[O-])c3)cc2c(=O)n1-c1ccc(N)cc1. The van der Waals surface area contributed by atoms with Gasteiger partial charge in [0.05, 0.1) is 38.7 Å². The monoisotopic (exact) mass is 611 g/mol. The van der Waals surface area contributed by atoms with E-state index in [1.54, 1.807) is 66.7 Å². The number of nitro benzene ring substituents is 1. The molecular weight excluding hydrogens is 582 g/mol. The molecule has 0 aliphatic rings. The molecule has 0 saturated carbocycles. The molecule has 0 unspecified atom stereocenters. The van der Waals surface area contributed by atoms with Gasteiger partial charge in [-0.2, -0.15) is 0 Å². The first-order valence-corrected chi connectivity index (χ1v) is 13.5. The van der Waals surface area contributed by atoms with Crippen molar-refractivity contribution in [2.75, 3.05) is 34.2 Å². The van der Waals surface area contributed by atoms with E-state index in [0.29, 0.717) is 56.4 Å². The molecule has 0 aliphatic carbocycles. The van der Waals surface area contributed by atoms with E-state index in [2.05, 4.69) is 0 Å². The van der Waals surface area contributed by atoms with Crippen LogP contribution in [0.1, 0.15) is 16.1 Å². The van der Waals surface area contributed by atoms with E-state index in [0.717, 1.165) is 0 Å². The van der Waals surface area contributed by atoms with Crippen molar-refractivity contribution in [2.24, 2.45) is 0 Å². The molecule has 0 saturated heterocycles. The largest absolute Gasteiger partial charge is 0.493 e. The molecule has 45 heavy (non-hydrogen) atoms. The van der Waals surface area contributed by atoms with Crippen molar-refractivity contribution in [3.05, 3.63) is 111 Å². The third-order valence-corrected chi connectivity index (χ3v) is 7.16. The number of esters is 1. The summed E-state index contributed by atoms with van der Waals surface area (Å²) in [5.41, 5.74) is 7.54. The fourth-order valence-corrected chi connectivity index (χ4v) is 5.07. The summed E-state index contributed by atoms with van der Waals surface area (Å²) in [6.45, 7) is 0.0132. The van der Waals surface area contributed by atoms with Gasteiger partial charge in [-0.3, -0.25) is 19.5 Å². The Morgan fingerprint density at radius 2 is 1.56 bits per heavy atom. The van der Waals surface area contributed by atoms with E-state index in [9.17, 15) is 19.7 Å². The number of nitrogens with zero attached hydrogens (tertiary/aromatic N) is 2. The van der Waals surface area contributed by atoms with Gasteiger partial charge in [-0.1, -0.05) is 12.1 Å². The van der Waals surface area contributed by atoms with Crippen molar-refractivity contribution in [1.29, 1.82) is 0 Å². The quantitative estimate of drug-likeness (QED) is 0.0921. The number of carbonyl (C=O) groups is 1. The third kappa shape index (κ3) is 5.80. The number of rotatable bonds is 10. The van der Waals surface area contributed by atoms with Gasteiger partial charge in [-0.25, -0.2) is 4.79 Å². The zero-order chi connectivity index (χ0) is 32.2. The summed E-state index contributed by atoms with van der Waals surface area (Å²) in [6.07, 6.45) is 0. The number of methoxy groups -OCH3 is 4. The number of benzene rings is 4. The first kappa shape index (κ1) is 30.4. The average Bonchev–Trinajstić information content (AvgIpc) is 3.06. The molecular formula is C33H29N3O9. The highest BCUT2D eigenvalue weighted by Gasteiger charge is 2.27. The third-order valence-electron chi connectivity index (χ3n) is 7.16. The van der Waals surface area contributed by atoms with Gasteiger partial charge in [0, 0.05) is 29.1 Å². The van der Waals surface area contributed by atoms with Crippen LogP contribution in [0.3, 0.4) is 0 Å². The van der Waals surface area contributed by atoms with Crippen LogP contribution in [0.5, 0.6) is 23.0 Å². The Morgan fingerprint density at radius 3 is 2.16 bits per heavy atom. The minimum absolute atomic E-state index is 0.0132. The summed E-state index contributed by atoms with van der Waals surface area (Å²) in [5.74, 6) is 0.574. The minimum Gasteiger partial charge on any atom is -0.493 e. The van der Waals surface area contributed by atoms with Gasteiger partial charge in [0.2, 0.25) is 5.75 Å². The van der Waals surface area contributed by atoms with Crippen LogP contribution in [0.4, 0.5) is 11.4 Å². The molecule has 1 heterocycles.